The van der Waals surface area contributed by atoms with E-state index in [0.717, 1.165) is 31.2 Å². The Kier molecular flexibility index (Phi) is 4.83. The van der Waals surface area contributed by atoms with Gasteiger partial charge in [0.05, 0.1) is 7.11 Å². The summed E-state index contributed by atoms with van der Waals surface area (Å²) in [6.07, 6.45) is 4.07. The second kappa shape index (κ2) is 6.16. The number of phenols is 1. The first-order valence-electron chi connectivity index (χ1n) is 5.59. The molecule has 0 radical (unpaired) electrons. The van der Waals surface area contributed by atoms with E-state index in [2.05, 4.69) is 11.7 Å². The van der Waals surface area contributed by atoms with Crippen molar-refractivity contribution in [2.45, 2.75) is 32.6 Å². The van der Waals surface area contributed by atoms with E-state index in [4.69, 9.17) is 0 Å². The third-order valence-corrected chi connectivity index (χ3v) is 2.57. The van der Waals surface area contributed by atoms with Crippen LogP contribution in [0.4, 0.5) is 0 Å². The summed E-state index contributed by atoms with van der Waals surface area (Å²) in [4.78, 5) is 11.5. The molecular formula is C13H18O3. The Morgan fingerprint density at radius 2 is 2.12 bits per heavy atom. The number of methoxy groups -OCH3 is 1. The van der Waals surface area contributed by atoms with Crippen LogP contribution in [0, 0.1) is 0 Å². The molecule has 88 valence electrons. The van der Waals surface area contributed by atoms with Gasteiger partial charge < -0.3 is 9.84 Å². The number of rotatable bonds is 5. The zero-order valence-electron chi connectivity index (χ0n) is 9.82. The number of carbonyl (C=O) groups is 1. The molecule has 0 fully saturated rings. The number of unbranched alkanes of at least 4 members (excludes halogenated alkanes) is 2. The normalized spacial score (nSPS) is 10.1. The van der Waals surface area contributed by atoms with Gasteiger partial charge in [-0.2, -0.15) is 0 Å². The monoisotopic (exact) mass is 222 g/mol. The number of esters is 1. The standard InChI is InChI=1S/C13H18O3/c1-3-4-5-7-10-8-6-9-11(14)12(10)13(15)16-2/h6,8-9,14H,3-5,7H2,1-2H3. The van der Waals surface area contributed by atoms with Crippen molar-refractivity contribution in [3.63, 3.8) is 0 Å². The lowest BCUT2D eigenvalue weighted by Crippen LogP contribution is -2.06. The van der Waals surface area contributed by atoms with Gasteiger partial charge in [0.2, 0.25) is 0 Å². The predicted octanol–water partition coefficient (Wildman–Crippen LogP) is 2.91. The molecule has 1 aromatic carbocycles. The zero-order chi connectivity index (χ0) is 12.0. The summed E-state index contributed by atoms with van der Waals surface area (Å²) in [6, 6.07) is 5.13. The fraction of sp³-hybridized carbons (Fsp3) is 0.462. The molecule has 0 aromatic heterocycles. The number of hydrogen-bond acceptors (Lipinski definition) is 3. The number of aryl methyl sites for hydroxylation is 1. The van der Waals surface area contributed by atoms with Gasteiger partial charge in [-0.3, -0.25) is 0 Å². The molecule has 0 aliphatic heterocycles. The number of hydrogen-bond donors (Lipinski definition) is 1. The fourth-order valence-electron chi connectivity index (χ4n) is 1.70. The van der Waals surface area contributed by atoms with Crippen LogP contribution in [-0.2, 0) is 11.2 Å². The maximum absolute atomic E-state index is 11.5. The number of benzene rings is 1. The zero-order valence-corrected chi connectivity index (χ0v) is 9.82. The van der Waals surface area contributed by atoms with Gasteiger partial charge in [0.1, 0.15) is 11.3 Å². The van der Waals surface area contributed by atoms with Crippen LogP contribution in [0.15, 0.2) is 18.2 Å². The molecule has 0 saturated heterocycles. The maximum atomic E-state index is 11.5. The highest BCUT2D eigenvalue weighted by atomic mass is 16.5. The molecule has 3 heteroatoms. The summed E-state index contributed by atoms with van der Waals surface area (Å²) in [5, 5.41) is 9.65. The van der Waals surface area contributed by atoms with Crippen molar-refractivity contribution in [1.29, 1.82) is 0 Å². The topological polar surface area (TPSA) is 46.5 Å². The van der Waals surface area contributed by atoms with Crippen molar-refractivity contribution in [1.82, 2.24) is 0 Å². The molecule has 0 unspecified atom stereocenters. The van der Waals surface area contributed by atoms with E-state index in [1.54, 1.807) is 6.07 Å². The summed E-state index contributed by atoms with van der Waals surface area (Å²) < 4.78 is 4.67. The first kappa shape index (κ1) is 12.6. The molecule has 0 spiro atoms. The Labute approximate surface area is 96.1 Å². The third kappa shape index (κ3) is 2.99. The summed E-state index contributed by atoms with van der Waals surface area (Å²) in [6.45, 7) is 2.13. The van der Waals surface area contributed by atoms with E-state index in [-0.39, 0.29) is 5.75 Å². The Morgan fingerprint density at radius 1 is 1.38 bits per heavy atom. The van der Waals surface area contributed by atoms with Gasteiger partial charge >= 0.3 is 5.97 Å². The van der Waals surface area contributed by atoms with E-state index in [1.165, 1.54) is 13.2 Å². The summed E-state index contributed by atoms with van der Waals surface area (Å²) in [5.41, 5.74) is 1.17. The lowest BCUT2D eigenvalue weighted by molar-refractivity contribution is 0.0596. The number of ether oxygens (including phenoxy) is 1. The van der Waals surface area contributed by atoms with Crippen LogP contribution < -0.4 is 0 Å². The van der Waals surface area contributed by atoms with Crippen LogP contribution in [0.1, 0.15) is 42.1 Å². The van der Waals surface area contributed by atoms with Crippen molar-refractivity contribution >= 4 is 5.97 Å². The van der Waals surface area contributed by atoms with Crippen LogP contribution >= 0.6 is 0 Å². The van der Waals surface area contributed by atoms with Crippen LogP contribution in [-0.4, -0.2) is 18.2 Å². The SMILES string of the molecule is CCCCCc1cccc(O)c1C(=O)OC. The Hall–Kier alpha value is -1.51. The molecular weight excluding hydrogens is 204 g/mol. The molecule has 0 atom stereocenters. The second-order valence-electron chi connectivity index (χ2n) is 3.76. The van der Waals surface area contributed by atoms with Crippen molar-refractivity contribution in [2.24, 2.45) is 0 Å². The van der Waals surface area contributed by atoms with E-state index < -0.39 is 5.97 Å². The predicted molar refractivity (Wildman–Crippen MR) is 62.7 cm³/mol. The van der Waals surface area contributed by atoms with Crippen molar-refractivity contribution < 1.29 is 14.6 Å². The lowest BCUT2D eigenvalue weighted by Gasteiger charge is -2.09. The lowest BCUT2D eigenvalue weighted by atomic mass is 10.0. The van der Waals surface area contributed by atoms with Crippen molar-refractivity contribution in [2.75, 3.05) is 7.11 Å². The Bertz CT molecular complexity index is 358. The van der Waals surface area contributed by atoms with Gasteiger partial charge in [-0.15, -0.1) is 0 Å². The first-order valence-corrected chi connectivity index (χ1v) is 5.59. The molecule has 1 rings (SSSR count). The summed E-state index contributed by atoms with van der Waals surface area (Å²) in [5.74, 6) is -0.467. The average molecular weight is 222 g/mol. The molecule has 0 aliphatic rings. The van der Waals surface area contributed by atoms with Gasteiger partial charge in [-0.1, -0.05) is 31.9 Å². The molecule has 0 aliphatic carbocycles. The van der Waals surface area contributed by atoms with Gasteiger partial charge in [0.25, 0.3) is 0 Å². The van der Waals surface area contributed by atoms with Crippen molar-refractivity contribution in [3.05, 3.63) is 29.3 Å². The molecule has 0 amide bonds. The number of carbonyl (C=O) groups excluding carboxylic acids is 1. The highest BCUT2D eigenvalue weighted by Gasteiger charge is 2.15. The van der Waals surface area contributed by atoms with Gasteiger partial charge in [0, 0.05) is 0 Å². The quantitative estimate of drug-likeness (QED) is 0.615. The van der Waals surface area contributed by atoms with Gasteiger partial charge in [-0.05, 0) is 24.5 Å². The summed E-state index contributed by atoms with van der Waals surface area (Å²) >= 11 is 0. The smallest absolute Gasteiger partial charge is 0.341 e. The Morgan fingerprint density at radius 3 is 2.75 bits per heavy atom. The average Bonchev–Trinajstić information content (AvgIpc) is 2.29. The maximum Gasteiger partial charge on any atom is 0.341 e. The van der Waals surface area contributed by atoms with E-state index >= 15 is 0 Å². The molecule has 3 nitrogen and oxygen atoms in total. The van der Waals surface area contributed by atoms with Gasteiger partial charge in [-0.25, -0.2) is 4.79 Å². The molecule has 0 bridgehead atoms. The van der Waals surface area contributed by atoms with E-state index in [9.17, 15) is 9.90 Å². The molecule has 1 aromatic rings. The second-order valence-corrected chi connectivity index (χ2v) is 3.76. The third-order valence-electron chi connectivity index (χ3n) is 2.57. The van der Waals surface area contributed by atoms with Crippen molar-refractivity contribution in [3.8, 4) is 5.75 Å². The molecule has 1 N–H and O–H groups in total. The molecule has 0 heterocycles. The fourth-order valence-corrected chi connectivity index (χ4v) is 1.70. The molecule has 16 heavy (non-hydrogen) atoms. The summed E-state index contributed by atoms with van der Waals surface area (Å²) in [7, 11) is 1.32. The number of phenolic OH excluding ortho intramolecular Hbond substituents is 1. The van der Waals surface area contributed by atoms with E-state index in [1.807, 2.05) is 6.07 Å². The van der Waals surface area contributed by atoms with Gasteiger partial charge in [0.15, 0.2) is 0 Å². The first-order chi connectivity index (χ1) is 7.70. The number of aromatic hydroxyl groups is 1. The minimum Gasteiger partial charge on any atom is -0.507 e. The minimum absolute atomic E-state index is 0.000786. The van der Waals surface area contributed by atoms with Crippen LogP contribution in [0.5, 0.6) is 5.75 Å². The Balaban J connectivity index is 2.89. The van der Waals surface area contributed by atoms with Crippen LogP contribution in [0.3, 0.4) is 0 Å². The van der Waals surface area contributed by atoms with Crippen LogP contribution in [0.2, 0.25) is 0 Å². The highest BCUT2D eigenvalue weighted by Crippen LogP contribution is 2.23. The van der Waals surface area contributed by atoms with Crippen LogP contribution in [0.25, 0.3) is 0 Å². The largest absolute Gasteiger partial charge is 0.507 e. The van der Waals surface area contributed by atoms with E-state index in [0.29, 0.717) is 5.56 Å². The minimum atomic E-state index is -0.468. The highest BCUT2D eigenvalue weighted by molar-refractivity contribution is 5.94. The molecule has 0 saturated carbocycles.